The van der Waals surface area contributed by atoms with Gasteiger partial charge in [0.15, 0.2) is 0 Å². The molecule has 1 aliphatic rings. The number of nitrogens with zero attached hydrogens (tertiary/aromatic N) is 1. The van der Waals surface area contributed by atoms with Crippen molar-refractivity contribution in [1.29, 1.82) is 0 Å². The minimum absolute atomic E-state index is 0.0359. The maximum absolute atomic E-state index is 12.6. The lowest BCUT2D eigenvalue weighted by Gasteiger charge is -2.18. The number of nitrogens with one attached hydrogen (secondary N) is 1. The van der Waals surface area contributed by atoms with E-state index in [9.17, 15) is 13.2 Å². The first-order valence-electron chi connectivity index (χ1n) is 7.87. The number of benzene rings is 1. The van der Waals surface area contributed by atoms with Crippen molar-refractivity contribution in [3.63, 3.8) is 0 Å². The molecule has 1 amide bonds. The highest BCUT2D eigenvalue weighted by molar-refractivity contribution is 7.89. The van der Waals surface area contributed by atoms with Crippen LogP contribution in [0.5, 0.6) is 5.75 Å². The van der Waals surface area contributed by atoms with Crippen LogP contribution in [0.1, 0.15) is 30.1 Å². The lowest BCUT2D eigenvalue weighted by molar-refractivity contribution is 0.0789. The summed E-state index contributed by atoms with van der Waals surface area (Å²) in [6, 6.07) is 3.95. The first kappa shape index (κ1) is 18.7. The number of rotatable bonds is 7. The Kier molecular flexibility index (Phi) is 6.20. The third-order valence-corrected chi connectivity index (χ3v) is 5.47. The van der Waals surface area contributed by atoms with Crippen molar-refractivity contribution in [3.05, 3.63) is 23.8 Å². The van der Waals surface area contributed by atoms with E-state index in [2.05, 4.69) is 4.72 Å². The molecule has 8 heteroatoms. The van der Waals surface area contributed by atoms with E-state index in [-0.39, 0.29) is 29.0 Å². The molecule has 1 aromatic rings. The van der Waals surface area contributed by atoms with Gasteiger partial charge in [0.2, 0.25) is 10.0 Å². The van der Waals surface area contributed by atoms with Crippen LogP contribution in [-0.2, 0) is 14.8 Å². The Balaban J connectivity index is 2.32. The molecule has 1 atom stereocenters. The van der Waals surface area contributed by atoms with Crippen molar-refractivity contribution in [3.8, 4) is 5.75 Å². The van der Waals surface area contributed by atoms with Crippen molar-refractivity contribution >= 4 is 15.9 Å². The van der Waals surface area contributed by atoms with Gasteiger partial charge in [-0.25, -0.2) is 13.1 Å². The van der Waals surface area contributed by atoms with Gasteiger partial charge in [-0.15, -0.1) is 0 Å². The highest BCUT2D eigenvalue weighted by Crippen LogP contribution is 2.25. The molecule has 2 rings (SSSR count). The molecule has 0 spiro atoms. The van der Waals surface area contributed by atoms with Gasteiger partial charge in [-0.1, -0.05) is 0 Å². The Morgan fingerprint density at radius 3 is 2.54 bits per heavy atom. The summed E-state index contributed by atoms with van der Waals surface area (Å²) in [4.78, 5) is 14.4. The van der Waals surface area contributed by atoms with Gasteiger partial charge in [-0.05, 0) is 38.0 Å². The van der Waals surface area contributed by atoms with Crippen LogP contribution in [0.15, 0.2) is 23.1 Å². The third kappa shape index (κ3) is 4.25. The number of carbonyl (C=O) groups is 1. The minimum Gasteiger partial charge on any atom is -0.496 e. The van der Waals surface area contributed by atoms with E-state index in [0.717, 1.165) is 12.8 Å². The summed E-state index contributed by atoms with van der Waals surface area (Å²) in [6.45, 7) is 3.33. The zero-order valence-electron chi connectivity index (χ0n) is 14.2. The van der Waals surface area contributed by atoms with E-state index >= 15 is 0 Å². The number of methoxy groups -OCH3 is 2. The molecule has 7 nitrogen and oxygen atoms in total. The molecule has 0 aromatic heterocycles. The van der Waals surface area contributed by atoms with Crippen LogP contribution < -0.4 is 9.46 Å². The maximum Gasteiger partial charge on any atom is 0.257 e. The molecule has 1 saturated heterocycles. The van der Waals surface area contributed by atoms with Crippen LogP contribution in [0.4, 0.5) is 0 Å². The van der Waals surface area contributed by atoms with Crippen molar-refractivity contribution in [2.45, 2.75) is 30.7 Å². The van der Waals surface area contributed by atoms with E-state index in [4.69, 9.17) is 9.47 Å². The van der Waals surface area contributed by atoms with E-state index < -0.39 is 10.0 Å². The molecule has 0 aliphatic carbocycles. The highest BCUT2D eigenvalue weighted by Gasteiger charge is 2.25. The molecule has 134 valence electrons. The van der Waals surface area contributed by atoms with Gasteiger partial charge in [0.1, 0.15) is 5.75 Å². The van der Waals surface area contributed by atoms with Gasteiger partial charge in [-0.3, -0.25) is 4.79 Å². The van der Waals surface area contributed by atoms with Gasteiger partial charge in [0.25, 0.3) is 5.91 Å². The Hall–Kier alpha value is -1.64. The van der Waals surface area contributed by atoms with Crippen LogP contribution in [0, 0.1) is 0 Å². The second-order valence-corrected chi connectivity index (χ2v) is 7.55. The SMILES string of the molecule is COCC(C)NS(=O)(=O)c1ccc(OC)c(C(=O)N2CCCC2)c1. The summed E-state index contributed by atoms with van der Waals surface area (Å²) in [5.74, 6) is 0.169. The number of likely N-dealkylation sites (tertiary alicyclic amines) is 1. The standard InChI is InChI=1S/C16H24N2O5S/c1-12(11-22-2)17-24(20,21)13-6-7-15(23-3)14(10-13)16(19)18-8-4-5-9-18/h6-7,10,12,17H,4-5,8-9,11H2,1-3H3. The number of hydrogen-bond acceptors (Lipinski definition) is 5. The Labute approximate surface area is 143 Å². The van der Waals surface area contributed by atoms with Gasteiger partial charge in [0.05, 0.1) is 24.2 Å². The highest BCUT2D eigenvalue weighted by atomic mass is 32.2. The van der Waals surface area contributed by atoms with E-state index in [1.165, 1.54) is 32.4 Å². The van der Waals surface area contributed by atoms with E-state index in [1.807, 2.05) is 0 Å². The van der Waals surface area contributed by atoms with Crippen molar-refractivity contribution in [2.24, 2.45) is 0 Å². The van der Waals surface area contributed by atoms with Crippen LogP contribution in [-0.4, -0.2) is 59.2 Å². The zero-order chi connectivity index (χ0) is 17.7. The molecule has 1 aromatic carbocycles. The number of carbonyl (C=O) groups excluding carboxylic acids is 1. The predicted molar refractivity (Wildman–Crippen MR) is 89.8 cm³/mol. The summed E-state index contributed by atoms with van der Waals surface area (Å²) < 4.78 is 37.7. The van der Waals surface area contributed by atoms with Crippen LogP contribution in [0.25, 0.3) is 0 Å². The summed E-state index contributed by atoms with van der Waals surface area (Å²) in [5.41, 5.74) is 0.265. The third-order valence-electron chi connectivity index (χ3n) is 3.88. The molecule has 0 bridgehead atoms. The molecular formula is C16H24N2O5S. The first-order chi connectivity index (χ1) is 11.4. The number of sulfonamides is 1. The fourth-order valence-electron chi connectivity index (χ4n) is 2.73. The second-order valence-electron chi connectivity index (χ2n) is 5.84. The van der Waals surface area contributed by atoms with Crippen LogP contribution in [0.2, 0.25) is 0 Å². The van der Waals surface area contributed by atoms with Gasteiger partial charge >= 0.3 is 0 Å². The molecule has 1 fully saturated rings. The Morgan fingerprint density at radius 2 is 1.96 bits per heavy atom. The normalized spacial score (nSPS) is 16.2. The molecular weight excluding hydrogens is 332 g/mol. The molecule has 1 N–H and O–H groups in total. The van der Waals surface area contributed by atoms with Crippen molar-refractivity contribution in [1.82, 2.24) is 9.62 Å². The Bertz CT molecular complexity index is 684. The summed E-state index contributed by atoms with van der Waals surface area (Å²) in [5, 5.41) is 0. The van der Waals surface area contributed by atoms with Crippen LogP contribution in [0.3, 0.4) is 0 Å². The van der Waals surface area contributed by atoms with Gasteiger partial charge in [0, 0.05) is 26.2 Å². The van der Waals surface area contributed by atoms with Gasteiger partial charge in [-0.2, -0.15) is 0 Å². The quantitative estimate of drug-likeness (QED) is 0.795. The monoisotopic (exact) mass is 356 g/mol. The fraction of sp³-hybridized carbons (Fsp3) is 0.562. The maximum atomic E-state index is 12.6. The summed E-state index contributed by atoms with van der Waals surface area (Å²) in [7, 11) is -0.776. The number of amides is 1. The molecule has 1 aliphatic heterocycles. The smallest absolute Gasteiger partial charge is 0.257 e. The minimum atomic E-state index is -3.74. The zero-order valence-corrected chi connectivity index (χ0v) is 15.1. The number of hydrogen-bond donors (Lipinski definition) is 1. The topological polar surface area (TPSA) is 84.9 Å². The lowest BCUT2D eigenvalue weighted by Crippen LogP contribution is -2.35. The second kappa shape index (κ2) is 7.96. The Morgan fingerprint density at radius 1 is 1.29 bits per heavy atom. The average Bonchev–Trinajstić information content (AvgIpc) is 3.07. The van der Waals surface area contributed by atoms with Crippen LogP contribution >= 0.6 is 0 Å². The predicted octanol–water partition coefficient (Wildman–Crippen LogP) is 1.24. The first-order valence-corrected chi connectivity index (χ1v) is 9.36. The summed E-state index contributed by atoms with van der Waals surface area (Å²) >= 11 is 0. The molecule has 24 heavy (non-hydrogen) atoms. The van der Waals surface area contributed by atoms with Gasteiger partial charge < -0.3 is 14.4 Å². The largest absolute Gasteiger partial charge is 0.496 e. The van der Waals surface area contributed by atoms with Crippen molar-refractivity contribution in [2.75, 3.05) is 33.9 Å². The van der Waals surface area contributed by atoms with E-state index in [0.29, 0.717) is 18.8 Å². The molecule has 0 saturated carbocycles. The molecule has 1 heterocycles. The average molecular weight is 356 g/mol. The molecule has 1 unspecified atom stereocenters. The van der Waals surface area contributed by atoms with Crippen molar-refractivity contribution < 1.29 is 22.7 Å². The summed E-state index contributed by atoms with van der Waals surface area (Å²) in [6.07, 6.45) is 1.92. The lowest BCUT2D eigenvalue weighted by atomic mass is 10.1. The fourth-order valence-corrected chi connectivity index (χ4v) is 3.98. The molecule has 0 radical (unpaired) electrons. The number of ether oxygens (including phenoxy) is 2. The van der Waals surface area contributed by atoms with E-state index in [1.54, 1.807) is 11.8 Å².